The minimum atomic E-state index is -0.870. The average Bonchev–Trinajstić information content (AvgIpc) is 2.77. The van der Waals surface area contributed by atoms with Crippen LogP contribution in [-0.2, 0) is 22.7 Å². The van der Waals surface area contributed by atoms with Crippen LogP contribution in [-0.4, -0.2) is 10.9 Å². The Morgan fingerprint density at radius 3 is 2.71 bits per heavy atom. The van der Waals surface area contributed by atoms with Gasteiger partial charge in [0.2, 0.25) is 6.29 Å². The zero-order chi connectivity index (χ0) is 22.0. The third-order valence-electron chi connectivity index (χ3n) is 4.72. The molecule has 1 aliphatic heterocycles. The number of benzene rings is 3. The number of nitrogens with zero attached hydrogens (tertiary/aromatic N) is 1. The van der Waals surface area contributed by atoms with Crippen molar-refractivity contribution in [2.45, 2.75) is 19.5 Å². The van der Waals surface area contributed by atoms with Crippen molar-refractivity contribution in [2.24, 2.45) is 0 Å². The number of nitro groups is 1. The maximum Gasteiger partial charge on any atom is 0.340 e. The van der Waals surface area contributed by atoms with Gasteiger partial charge in [0.25, 0.3) is 5.69 Å². The molecule has 0 saturated carbocycles. The number of esters is 1. The summed E-state index contributed by atoms with van der Waals surface area (Å²) in [5.74, 6) is -1.04. The first-order valence-electron chi connectivity index (χ1n) is 9.28. The number of nitro benzene ring substituents is 1. The molecule has 1 unspecified atom stereocenters. The molecule has 0 radical (unpaired) electrons. The Labute approximate surface area is 176 Å². The van der Waals surface area contributed by atoms with Gasteiger partial charge in [-0.1, -0.05) is 30.3 Å². The third kappa shape index (κ3) is 4.31. The molecule has 9 heteroatoms. The highest BCUT2D eigenvalue weighted by Gasteiger charge is 2.26. The standard InChI is InChI=1S/C22H17FN2O6/c23-16-8-14(11-29-21(26)18-10-17(25(27)28)6-7-19(18)24)20-15(9-16)12-30-22(31-20)13-4-2-1-3-5-13/h1-10,22H,11-12,24H2. The van der Waals surface area contributed by atoms with E-state index >= 15 is 0 Å². The van der Waals surface area contributed by atoms with Crippen LogP contribution < -0.4 is 10.5 Å². The third-order valence-corrected chi connectivity index (χ3v) is 4.72. The van der Waals surface area contributed by atoms with E-state index < -0.39 is 23.0 Å². The quantitative estimate of drug-likeness (QED) is 0.281. The molecule has 0 fully saturated rings. The predicted octanol–water partition coefficient (Wildman–Crippen LogP) is 4.28. The Kier molecular flexibility index (Phi) is 5.50. The van der Waals surface area contributed by atoms with E-state index in [2.05, 4.69) is 0 Å². The number of anilines is 1. The van der Waals surface area contributed by atoms with Crippen LogP contribution in [0.5, 0.6) is 5.75 Å². The highest BCUT2D eigenvalue weighted by Crippen LogP contribution is 2.37. The van der Waals surface area contributed by atoms with Gasteiger partial charge < -0.3 is 19.9 Å². The smallest absolute Gasteiger partial charge is 0.340 e. The Hall–Kier alpha value is -3.98. The molecule has 1 aliphatic rings. The molecule has 0 amide bonds. The van der Waals surface area contributed by atoms with Crippen molar-refractivity contribution in [3.8, 4) is 5.75 Å². The molecule has 0 bridgehead atoms. The van der Waals surface area contributed by atoms with Crippen LogP contribution in [0.2, 0.25) is 0 Å². The molecule has 0 aliphatic carbocycles. The highest BCUT2D eigenvalue weighted by molar-refractivity contribution is 5.95. The second-order valence-corrected chi connectivity index (χ2v) is 6.83. The summed E-state index contributed by atoms with van der Waals surface area (Å²) in [5, 5.41) is 11.0. The van der Waals surface area contributed by atoms with Gasteiger partial charge in [-0.3, -0.25) is 10.1 Å². The summed E-state index contributed by atoms with van der Waals surface area (Å²) in [6, 6.07) is 15.2. The Bertz CT molecular complexity index is 1150. The Morgan fingerprint density at radius 2 is 1.97 bits per heavy atom. The van der Waals surface area contributed by atoms with Gasteiger partial charge >= 0.3 is 5.97 Å². The monoisotopic (exact) mass is 424 g/mol. The zero-order valence-electron chi connectivity index (χ0n) is 16.1. The first-order chi connectivity index (χ1) is 14.9. The fraction of sp³-hybridized carbons (Fsp3) is 0.136. The zero-order valence-corrected chi connectivity index (χ0v) is 16.1. The maximum absolute atomic E-state index is 14.1. The number of carbonyl (C=O) groups is 1. The van der Waals surface area contributed by atoms with Gasteiger partial charge in [-0.2, -0.15) is 0 Å². The summed E-state index contributed by atoms with van der Waals surface area (Å²) in [6.07, 6.45) is -0.693. The van der Waals surface area contributed by atoms with E-state index in [4.69, 9.17) is 19.9 Å². The van der Waals surface area contributed by atoms with Gasteiger partial charge in [0.15, 0.2) is 0 Å². The van der Waals surface area contributed by atoms with E-state index in [1.807, 2.05) is 30.3 Å². The second-order valence-electron chi connectivity index (χ2n) is 6.83. The molecule has 2 N–H and O–H groups in total. The Balaban J connectivity index is 1.56. The number of halogens is 1. The number of non-ortho nitro benzene ring substituents is 1. The van der Waals surface area contributed by atoms with Gasteiger partial charge in [0, 0.05) is 34.5 Å². The topological polar surface area (TPSA) is 114 Å². The molecule has 158 valence electrons. The Morgan fingerprint density at radius 1 is 1.19 bits per heavy atom. The van der Waals surface area contributed by atoms with E-state index in [1.54, 1.807) is 0 Å². The molecule has 3 aromatic carbocycles. The minimum absolute atomic E-state index is 0.0330. The molecule has 0 saturated heterocycles. The second kappa shape index (κ2) is 8.41. The van der Waals surface area contributed by atoms with Crippen molar-refractivity contribution in [3.63, 3.8) is 0 Å². The number of carbonyl (C=O) groups excluding carboxylic acids is 1. The van der Waals surface area contributed by atoms with Crippen LogP contribution in [0.25, 0.3) is 0 Å². The number of ether oxygens (including phenoxy) is 3. The molecule has 0 spiro atoms. The van der Waals surface area contributed by atoms with Crippen molar-refractivity contribution in [1.82, 2.24) is 0 Å². The minimum Gasteiger partial charge on any atom is -0.460 e. The van der Waals surface area contributed by atoms with Crippen molar-refractivity contribution in [2.75, 3.05) is 5.73 Å². The van der Waals surface area contributed by atoms with Crippen molar-refractivity contribution >= 4 is 17.3 Å². The lowest BCUT2D eigenvalue weighted by Crippen LogP contribution is -2.20. The number of fused-ring (bicyclic) bond motifs is 1. The average molecular weight is 424 g/mol. The summed E-state index contributed by atoms with van der Waals surface area (Å²) in [5.41, 5.74) is 6.91. The van der Waals surface area contributed by atoms with Crippen molar-refractivity contribution in [1.29, 1.82) is 0 Å². The van der Waals surface area contributed by atoms with E-state index in [0.29, 0.717) is 16.9 Å². The van der Waals surface area contributed by atoms with Gasteiger partial charge in [-0.15, -0.1) is 0 Å². The lowest BCUT2D eigenvalue weighted by molar-refractivity contribution is -0.384. The van der Waals surface area contributed by atoms with Gasteiger partial charge in [-0.05, 0) is 18.2 Å². The SMILES string of the molecule is Nc1ccc([N+](=O)[O-])cc1C(=O)OCc1cc(F)cc2c1OC(c1ccccc1)OC2. The van der Waals surface area contributed by atoms with Gasteiger partial charge in [0.1, 0.15) is 18.2 Å². The van der Waals surface area contributed by atoms with E-state index in [1.165, 1.54) is 24.3 Å². The molecule has 0 aromatic heterocycles. The van der Waals surface area contributed by atoms with Gasteiger partial charge in [0.05, 0.1) is 17.1 Å². The van der Waals surface area contributed by atoms with Crippen LogP contribution in [0, 0.1) is 15.9 Å². The molecule has 1 atom stereocenters. The van der Waals surface area contributed by atoms with Crippen LogP contribution in [0.3, 0.4) is 0 Å². The van der Waals surface area contributed by atoms with E-state index in [-0.39, 0.29) is 30.2 Å². The summed E-state index contributed by atoms with van der Waals surface area (Å²) in [7, 11) is 0. The first-order valence-corrected chi connectivity index (χ1v) is 9.28. The molecule has 31 heavy (non-hydrogen) atoms. The number of hydrogen-bond donors (Lipinski definition) is 1. The van der Waals surface area contributed by atoms with Crippen LogP contribution in [0.4, 0.5) is 15.8 Å². The number of nitrogens with two attached hydrogens (primary N) is 1. The summed E-state index contributed by atoms with van der Waals surface area (Å²) >= 11 is 0. The first kappa shape index (κ1) is 20.3. The maximum atomic E-state index is 14.1. The number of rotatable bonds is 5. The van der Waals surface area contributed by atoms with E-state index in [0.717, 1.165) is 11.6 Å². The molecular formula is C22H17FN2O6. The summed E-state index contributed by atoms with van der Waals surface area (Å²) in [4.78, 5) is 22.8. The largest absolute Gasteiger partial charge is 0.460 e. The van der Waals surface area contributed by atoms with Crippen LogP contribution in [0.1, 0.15) is 33.3 Å². The molecular weight excluding hydrogens is 407 g/mol. The van der Waals surface area contributed by atoms with Crippen molar-refractivity contribution < 1.29 is 28.3 Å². The molecule has 1 heterocycles. The number of nitrogen functional groups attached to an aromatic ring is 1. The van der Waals surface area contributed by atoms with E-state index in [9.17, 15) is 19.3 Å². The predicted molar refractivity (Wildman–Crippen MR) is 108 cm³/mol. The summed E-state index contributed by atoms with van der Waals surface area (Å²) < 4.78 is 30.9. The fourth-order valence-electron chi connectivity index (χ4n) is 3.21. The van der Waals surface area contributed by atoms with Crippen molar-refractivity contribution in [3.05, 3.63) is 98.8 Å². The number of hydrogen-bond acceptors (Lipinski definition) is 7. The lowest BCUT2D eigenvalue weighted by atomic mass is 10.1. The molecule has 8 nitrogen and oxygen atoms in total. The van der Waals surface area contributed by atoms with Gasteiger partial charge in [-0.25, -0.2) is 9.18 Å². The summed E-state index contributed by atoms with van der Waals surface area (Å²) in [6.45, 7) is -0.200. The highest BCUT2D eigenvalue weighted by atomic mass is 19.1. The van der Waals surface area contributed by atoms with Crippen LogP contribution >= 0.6 is 0 Å². The molecule has 3 aromatic rings. The molecule has 4 rings (SSSR count). The lowest BCUT2D eigenvalue weighted by Gasteiger charge is -2.28. The van der Waals surface area contributed by atoms with Crippen LogP contribution in [0.15, 0.2) is 60.7 Å². The fourth-order valence-corrected chi connectivity index (χ4v) is 3.21. The normalized spacial score (nSPS) is 14.9.